The molecule has 0 aliphatic heterocycles. The van der Waals surface area contributed by atoms with E-state index in [1.54, 1.807) is 0 Å². The van der Waals surface area contributed by atoms with Gasteiger partial charge in [-0.1, -0.05) is 6.92 Å². The zero-order valence-corrected chi connectivity index (χ0v) is 17.5. The predicted octanol–water partition coefficient (Wildman–Crippen LogP) is 4.42. The van der Waals surface area contributed by atoms with E-state index in [0.717, 1.165) is 0 Å². The average Bonchev–Trinajstić information content (AvgIpc) is 3.10. The van der Waals surface area contributed by atoms with Crippen LogP contribution in [0, 0.1) is 0 Å². The lowest BCUT2D eigenvalue weighted by Gasteiger charge is -2.09. The standard InChI is InChI=1S/C18H17F3N2O5S2/c1-3-30(24,25)15-6-11(9-27-10-26-2)8-22-16(15)17-23-13-7-12(29-18(19,20)21)4-5-14(13)28-17/h4-8H,3,9-10H2,1-2H3. The molecule has 0 amide bonds. The third-order valence-corrected chi connectivity index (χ3v) is 6.35. The Balaban J connectivity index is 2.04. The minimum atomic E-state index is -4.44. The number of alkyl halides is 3. The summed E-state index contributed by atoms with van der Waals surface area (Å²) >= 11 is -0.274. The molecule has 0 atom stereocenters. The van der Waals surface area contributed by atoms with E-state index >= 15 is 0 Å². The van der Waals surface area contributed by atoms with Crippen molar-refractivity contribution in [1.29, 1.82) is 0 Å². The molecule has 7 nitrogen and oxygen atoms in total. The summed E-state index contributed by atoms with van der Waals surface area (Å²) in [7, 11) is -2.24. The maximum atomic E-state index is 12.6. The lowest BCUT2D eigenvalue weighted by Crippen LogP contribution is -2.08. The molecule has 162 valence electrons. The van der Waals surface area contributed by atoms with Gasteiger partial charge in [-0.15, -0.1) is 0 Å². The number of nitrogens with zero attached hydrogens (tertiary/aromatic N) is 2. The van der Waals surface area contributed by atoms with Crippen molar-refractivity contribution in [3.63, 3.8) is 0 Å². The van der Waals surface area contributed by atoms with Crippen LogP contribution in [0.4, 0.5) is 13.2 Å². The highest BCUT2D eigenvalue weighted by Gasteiger charge is 2.30. The summed E-state index contributed by atoms with van der Waals surface area (Å²) in [5.74, 6) is -0.285. The number of sulfone groups is 1. The van der Waals surface area contributed by atoms with Crippen LogP contribution in [0.3, 0.4) is 0 Å². The Hall–Kier alpha value is -2.15. The number of thioether (sulfide) groups is 1. The van der Waals surface area contributed by atoms with E-state index in [-0.39, 0.29) is 63.4 Å². The third kappa shape index (κ3) is 5.31. The highest BCUT2D eigenvalue weighted by Crippen LogP contribution is 2.38. The van der Waals surface area contributed by atoms with Crippen LogP contribution in [-0.4, -0.2) is 43.5 Å². The van der Waals surface area contributed by atoms with Crippen LogP contribution in [0.1, 0.15) is 12.5 Å². The highest BCUT2D eigenvalue weighted by atomic mass is 32.2. The van der Waals surface area contributed by atoms with Gasteiger partial charge < -0.3 is 13.9 Å². The Morgan fingerprint density at radius 2 is 2.00 bits per heavy atom. The van der Waals surface area contributed by atoms with Gasteiger partial charge in [-0.2, -0.15) is 13.2 Å². The molecule has 2 heterocycles. The Morgan fingerprint density at radius 1 is 1.23 bits per heavy atom. The maximum Gasteiger partial charge on any atom is 0.446 e. The Kier molecular flexibility index (Phi) is 6.70. The lowest BCUT2D eigenvalue weighted by molar-refractivity contribution is -0.0392. The maximum absolute atomic E-state index is 12.6. The van der Waals surface area contributed by atoms with Gasteiger partial charge in [0.05, 0.1) is 17.3 Å². The van der Waals surface area contributed by atoms with Crippen LogP contribution in [0.2, 0.25) is 0 Å². The van der Waals surface area contributed by atoms with E-state index in [9.17, 15) is 21.6 Å². The van der Waals surface area contributed by atoms with Gasteiger partial charge in [0, 0.05) is 18.2 Å². The molecule has 3 aromatic rings. The van der Waals surface area contributed by atoms with Crippen LogP contribution >= 0.6 is 11.8 Å². The summed E-state index contributed by atoms with van der Waals surface area (Å²) < 4.78 is 78.6. The first-order valence-corrected chi connectivity index (χ1v) is 11.0. The van der Waals surface area contributed by atoms with Gasteiger partial charge in [0.15, 0.2) is 15.4 Å². The van der Waals surface area contributed by atoms with E-state index in [0.29, 0.717) is 5.56 Å². The van der Waals surface area contributed by atoms with E-state index in [1.165, 1.54) is 44.5 Å². The molecule has 1 aromatic carbocycles. The molecule has 0 unspecified atom stereocenters. The molecule has 0 bridgehead atoms. The predicted molar refractivity (Wildman–Crippen MR) is 104 cm³/mol. The first kappa shape index (κ1) is 22.5. The number of pyridine rings is 1. The molecule has 0 saturated heterocycles. The van der Waals surface area contributed by atoms with Gasteiger partial charge in [0.25, 0.3) is 0 Å². The van der Waals surface area contributed by atoms with Crippen LogP contribution in [0.25, 0.3) is 22.7 Å². The van der Waals surface area contributed by atoms with Gasteiger partial charge in [0.2, 0.25) is 5.89 Å². The Morgan fingerprint density at radius 3 is 2.67 bits per heavy atom. The van der Waals surface area contributed by atoms with Gasteiger partial charge in [0.1, 0.15) is 18.0 Å². The number of benzene rings is 1. The molecule has 0 radical (unpaired) electrons. The Labute approximate surface area is 174 Å². The van der Waals surface area contributed by atoms with Crippen molar-refractivity contribution in [3.05, 3.63) is 36.0 Å². The molecule has 0 fully saturated rings. The van der Waals surface area contributed by atoms with E-state index in [2.05, 4.69) is 9.97 Å². The van der Waals surface area contributed by atoms with E-state index in [1.807, 2.05) is 0 Å². The van der Waals surface area contributed by atoms with Crippen LogP contribution < -0.4 is 0 Å². The van der Waals surface area contributed by atoms with Crippen LogP contribution in [0.15, 0.2) is 44.7 Å². The Bertz CT molecular complexity index is 1150. The molecule has 0 saturated carbocycles. The van der Waals surface area contributed by atoms with Crippen LogP contribution in [-0.2, 0) is 25.9 Å². The molecular formula is C18H17F3N2O5S2. The summed E-state index contributed by atoms with van der Waals surface area (Å²) in [6, 6.07) is 5.24. The monoisotopic (exact) mass is 462 g/mol. The SMILES string of the molecule is CCS(=O)(=O)c1cc(COCOC)cnc1-c1nc2cc(SC(F)(F)F)ccc2o1. The molecule has 0 aliphatic carbocycles. The minimum absolute atomic E-state index is 0.0198. The number of oxazole rings is 1. The van der Waals surface area contributed by atoms with Crippen molar-refractivity contribution in [2.75, 3.05) is 19.7 Å². The van der Waals surface area contributed by atoms with Crippen molar-refractivity contribution in [2.45, 2.75) is 28.8 Å². The summed E-state index contributed by atoms with van der Waals surface area (Å²) in [5, 5.41) is 0. The van der Waals surface area contributed by atoms with E-state index < -0.39 is 15.3 Å². The number of aromatic nitrogens is 2. The average molecular weight is 462 g/mol. The minimum Gasteiger partial charge on any atom is -0.435 e. The quantitative estimate of drug-likeness (QED) is 0.276. The number of ether oxygens (including phenoxy) is 2. The molecule has 30 heavy (non-hydrogen) atoms. The second kappa shape index (κ2) is 8.92. The zero-order chi connectivity index (χ0) is 21.9. The normalized spacial score (nSPS) is 12.6. The number of halogens is 3. The molecular weight excluding hydrogens is 445 g/mol. The van der Waals surface area contributed by atoms with Crippen molar-refractivity contribution in [1.82, 2.24) is 9.97 Å². The fourth-order valence-electron chi connectivity index (χ4n) is 2.57. The molecule has 0 spiro atoms. The van der Waals surface area contributed by atoms with Gasteiger partial charge in [-0.25, -0.2) is 18.4 Å². The molecule has 2 aromatic heterocycles. The first-order valence-electron chi connectivity index (χ1n) is 8.58. The van der Waals surface area contributed by atoms with Gasteiger partial charge >= 0.3 is 5.51 Å². The highest BCUT2D eigenvalue weighted by molar-refractivity contribution is 8.00. The number of hydrogen-bond acceptors (Lipinski definition) is 8. The fourth-order valence-corrected chi connectivity index (χ4v) is 4.22. The molecule has 3 rings (SSSR count). The van der Waals surface area contributed by atoms with Crippen molar-refractivity contribution in [2.24, 2.45) is 0 Å². The van der Waals surface area contributed by atoms with Crippen molar-refractivity contribution >= 4 is 32.7 Å². The van der Waals surface area contributed by atoms with Gasteiger partial charge in [-0.05, 0) is 41.6 Å². The number of methoxy groups -OCH3 is 1. The smallest absolute Gasteiger partial charge is 0.435 e. The largest absolute Gasteiger partial charge is 0.446 e. The first-order chi connectivity index (χ1) is 14.1. The second-order valence-electron chi connectivity index (χ2n) is 6.05. The molecule has 0 aliphatic rings. The van der Waals surface area contributed by atoms with Crippen molar-refractivity contribution < 1.29 is 35.5 Å². The summed E-state index contributed by atoms with van der Waals surface area (Å²) in [4.78, 5) is 8.18. The molecule has 12 heteroatoms. The van der Waals surface area contributed by atoms with E-state index in [4.69, 9.17) is 13.9 Å². The summed E-state index contributed by atoms with van der Waals surface area (Å²) in [6.07, 6.45) is 1.42. The van der Waals surface area contributed by atoms with Crippen LogP contribution in [0.5, 0.6) is 0 Å². The summed E-state index contributed by atoms with van der Waals surface area (Å²) in [6.45, 7) is 1.60. The zero-order valence-electron chi connectivity index (χ0n) is 15.9. The molecule has 0 N–H and O–H groups in total. The second-order valence-corrected chi connectivity index (χ2v) is 9.43. The number of hydrogen-bond donors (Lipinski definition) is 0. The lowest BCUT2D eigenvalue weighted by atomic mass is 10.2. The summed E-state index contributed by atoms with van der Waals surface area (Å²) in [5.41, 5.74) is -3.58. The third-order valence-electron chi connectivity index (χ3n) is 3.89. The fraction of sp³-hybridized carbons (Fsp3) is 0.333. The van der Waals surface area contributed by atoms with Gasteiger partial charge in [-0.3, -0.25) is 0 Å². The van der Waals surface area contributed by atoms with Crippen molar-refractivity contribution in [3.8, 4) is 11.6 Å². The topological polar surface area (TPSA) is 91.5 Å². The number of rotatable bonds is 8. The number of fused-ring (bicyclic) bond motifs is 1.